The normalized spacial score (nSPS) is 22.2. The number of rotatable bonds is 18. The van der Waals surface area contributed by atoms with Gasteiger partial charge in [0.05, 0.1) is 58.6 Å². The SMILES string of the molecule is CC1=C(CCC(=O)O)C2=NC1=CC1=NC(=C(C)C3NC(C=c4[nH]c(c(CCC(=O)O)c4C)=C2)C(C)C3C(C)OC(C)c2c(C)c3cc4[nH]c(c(C)c5nc(cc6nc(cc2[nH]3)C(C)=C6CCC(=O)O)C(CCC(=O)O)=C5C)c(C)c4C(C)O)C(C)C1C(C)O. The van der Waals surface area contributed by atoms with E-state index in [-0.39, 0.29) is 87.1 Å². The minimum atomic E-state index is -0.955. The molecule has 10 unspecified atom stereocenters. The van der Waals surface area contributed by atoms with Crippen LogP contribution in [0.3, 0.4) is 0 Å². The van der Waals surface area contributed by atoms with E-state index in [1.165, 1.54) is 0 Å². The summed E-state index contributed by atoms with van der Waals surface area (Å²) in [7, 11) is 0. The van der Waals surface area contributed by atoms with Gasteiger partial charge in [-0.2, -0.15) is 0 Å². The summed E-state index contributed by atoms with van der Waals surface area (Å²) in [5, 5.41) is 68.3. The molecule has 0 aromatic carbocycles. The second kappa shape index (κ2) is 25.1. The third-order valence-corrected chi connectivity index (χ3v) is 19.8. The van der Waals surface area contributed by atoms with E-state index in [4.69, 9.17) is 24.7 Å². The van der Waals surface area contributed by atoms with Crippen molar-refractivity contribution >= 4 is 91.8 Å². The smallest absolute Gasteiger partial charge is 0.303 e. The number of H-pyrrole nitrogens is 3. The first-order valence-corrected chi connectivity index (χ1v) is 31.1. The summed E-state index contributed by atoms with van der Waals surface area (Å²) < 4.78 is 7.45. The largest absolute Gasteiger partial charge is 0.481 e. The van der Waals surface area contributed by atoms with Crippen LogP contribution in [0.2, 0.25) is 0 Å². The molecule has 0 spiro atoms. The molecule has 0 aliphatic carbocycles. The van der Waals surface area contributed by atoms with Crippen molar-refractivity contribution in [3.63, 3.8) is 0 Å². The van der Waals surface area contributed by atoms with Crippen molar-refractivity contribution < 1.29 is 54.6 Å². The lowest BCUT2D eigenvalue weighted by atomic mass is 9.79. The van der Waals surface area contributed by atoms with Gasteiger partial charge in [0.1, 0.15) is 0 Å². The first kappa shape index (κ1) is 63.9. The molecular formula is C70H84N8O11. The topological polar surface area (TPSA) is 309 Å². The van der Waals surface area contributed by atoms with Gasteiger partial charge in [0.15, 0.2) is 0 Å². The number of ether oxygens (including phenoxy) is 1. The van der Waals surface area contributed by atoms with Gasteiger partial charge in [0, 0.05) is 111 Å². The summed E-state index contributed by atoms with van der Waals surface area (Å²) in [5.74, 6) is -4.60. The van der Waals surface area contributed by atoms with Crippen molar-refractivity contribution in [3.05, 3.63) is 125 Å². The lowest BCUT2D eigenvalue weighted by Gasteiger charge is -2.32. The lowest BCUT2D eigenvalue weighted by Crippen LogP contribution is -2.38. The van der Waals surface area contributed by atoms with Gasteiger partial charge >= 0.3 is 23.9 Å². The molecular weight excluding hydrogens is 1130 g/mol. The van der Waals surface area contributed by atoms with Crippen LogP contribution in [0.4, 0.5) is 0 Å². The molecule has 470 valence electrons. The molecule has 89 heavy (non-hydrogen) atoms. The number of aromatic amines is 3. The molecule has 0 radical (unpaired) electrons. The third kappa shape index (κ3) is 12.1. The van der Waals surface area contributed by atoms with Crippen molar-refractivity contribution in [2.24, 2.45) is 33.7 Å². The number of aliphatic carboxylic acids is 4. The molecule has 4 aromatic heterocycles. The predicted octanol–water partition coefficient (Wildman–Crippen LogP) is 10.8. The fourth-order valence-electron chi connectivity index (χ4n) is 15.1. The van der Waals surface area contributed by atoms with Gasteiger partial charge in [0.2, 0.25) is 0 Å². The zero-order valence-corrected chi connectivity index (χ0v) is 53.4. The molecule has 0 saturated carbocycles. The molecule has 0 amide bonds. The number of aliphatic imine (C=N–C) groups is 2. The van der Waals surface area contributed by atoms with E-state index >= 15 is 0 Å². The Bertz CT molecular complexity index is 4210. The average Bonchev–Trinajstić information content (AvgIpc) is 1.84. The maximum Gasteiger partial charge on any atom is 0.303 e. The molecule has 16 bridgehead atoms. The number of carboxylic acids is 4. The molecule has 1 fully saturated rings. The van der Waals surface area contributed by atoms with Crippen molar-refractivity contribution in [2.75, 3.05) is 0 Å². The fraction of sp³-hybridized carbons (Fsp3) is 0.457. The summed E-state index contributed by atoms with van der Waals surface area (Å²) in [6.45, 7) is 27.9. The molecule has 6 aliphatic rings. The van der Waals surface area contributed by atoms with Crippen LogP contribution in [-0.2, 0) is 30.3 Å². The van der Waals surface area contributed by atoms with Gasteiger partial charge < -0.3 is 55.6 Å². The Hall–Kier alpha value is -8.10. The summed E-state index contributed by atoms with van der Waals surface area (Å²) in [4.78, 5) is 80.4. The zero-order chi connectivity index (χ0) is 64.5. The molecule has 10 N–H and O–H groups in total. The predicted molar refractivity (Wildman–Crippen MR) is 346 cm³/mol. The number of fused-ring (bicyclic) bond motifs is 14. The van der Waals surface area contributed by atoms with Crippen LogP contribution in [0.5, 0.6) is 0 Å². The Labute approximate surface area is 517 Å². The van der Waals surface area contributed by atoms with E-state index in [1.807, 2.05) is 78.8 Å². The van der Waals surface area contributed by atoms with Gasteiger partial charge in [-0.3, -0.25) is 24.2 Å². The second-order valence-corrected chi connectivity index (χ2v) is 25.4. The van der Waals surface area contributed by atoms with Gasteiger partial charge in [-0.1, -0.05) is 13.8 Å². The highest BCUT2D eigenvalue weighted by molar-refractivity contribution is 6.24. The van der Waals surface area contributed by atoms with E-state index in [0.29, 0.717) is 56.3 Å². The number of aromatic nitrogens is 5. The van der Waals surface area contributed by atoms with E-state index < -0.39 is 48.3 Å². The number of nitrogens with one attached hydrogen (secondary N) is 4. The maximum atomic E-state index is 12.2. The number of allylic oxidation sites excluding steroid dienone is 8. The number of carbonyl (C=O) groups is 4. The molecule has 10 atom stereocenters. The van der Waals surface area contributed by atoms with Gasteiger partial charge in [-0.15, -0.1) is 0 Å². The van der Waals surface area contributed by atoms with Crippen molar-refractivity contribution in [1.29, 1.82) is 0 Å². The number of hydrogen-bond donors (Lipinski definition) is 10. The van der Waals surface area contributed by atoms with Crippen LogP contribution < -0.4 is 16.0 Å². The van der Waals surface area contributed by atoms with E-state index in [2.05, 4.69) is 61.0 Å². The quantitative estimate of drug-likeness (QED) is 0.0443. The number of nitrogens with zero attached hydrogens (tertiary/aromatic N) is 4. The third-order valence-electron chi connectivity index (χ3n) is 19.8. The first-order chi connectivity index (χ1) is 42.0. The number of aryl methyl sites for hydroxylation is 3. The van der Waals surface area contributed by atoms with Crippen LogP contribution in [0, 0.1) is 51.4 Å². The van der Waals surface area contributed by atoms with Crippen LogP contribution in [0.25, 0.3) is 56.5 Å². The Kier molecular flexibility index (Phi) is 18.0. The van der Waals surface area contributed by atoms with Crippen molar-refractivity contribution in [1.82, 2.24) is 30.2 Å². The van der Waals surface area contributed by atoms with Crippen LogP contribution in [0.15, 0.2) is 62.4 Å². The molecule has 1 saturated heterocycles. The Morgan fingerprint density at radius 1 is 0.607 bits per heavy atom. The minimum Gasteiger partial charge on any atom is -0.481 e. The number of carboxylic acid groups (broad SMARTS) is 4. The number of hydrogen-bond acceptors (Lipinski definition) is 12. The van der Waals surface area contributed by atoms with Crippen molar-refractivity contribution in [2.45, 2.75) is 185 Å². The monoisotopic (exact) mass is 1210 g/mol. The summed E-state index contributed by atoms with van der Waals surface area (Å²) in [6.07, 6.45) is 3.81. The van der Waals surface area contributed by atoms with Crippen molar-refractivity contribution in [3.8, 4) is 0 Å². The average molecular weight is 1210 g/mol. The first-order valence-electron chi connectivity index (χ1n) is 31.1. The molecule has 10 heterocycles. The van der Waals surface area contributed by atoms with Gasteiger partial charge in [0.25, 0.3) is 0 Å². The highest BCUT2D eigenvalue weighted by atomic mass is 16.5. The van der Waals surface area contributed by atoms with Crippen LogP contribution in [-0.4, -0.2) is 115 Å². The van der Waals surface area contributed by atoms with Crippen LogP contribution in [0.1, 0.15) is 188 Å². The number of aliphatic hydroxyl groups is 2. The number of aliphatic hydroxyl groups excluding tert-OH is 2. The second-order valence-electron chi connectivity index (χ2n) is 25.4. The van der Waals surface area contributed by atoms with Gasteiger partial charge in [-0.05, 0) is 218 Å². The highest BCUT2D eigenvalue weighted by Gasteiger charge is 2.47. The summed E-state index contributed by atoms with van der Waals surface area (Å²) in [6, 6.07) is 5.32. The molecule has 4 aromatic rings. The van der Waals surface area contributed by atoms with E-state index in [9.17, 15) is 49.8 Å². The van der Waals surface area contributed by atoms with E-state index in [0.717, 1.165) is 100.0 Å². The maximum absolute atomic E-state index is 12.2. The Balaban J connectivity index is 1.15. The highest BCUT2D eigenvalue weighted by Crippen LogP contribution is 2.45. The van der Waals surface area contributed by atoms with E-state index in [1.54, 1.807) is 13.8 Å². The summed E-state index contributed by atoms with van der Waals surface area (Å²) in [5.41, 5.74) is 19.6. The lowest BCUT2D eigenvalue weighted by molar-refractivity contribution is -0.138. The molecule has 19 heteroatoms. The summed E-state index contributed by atoms with van der Waals surface area (Å²) >= 11 is 0. The minimum absolute atomic E-state index is 0.0693. The fourth-order valence-corrected chi connectivity index (χ4v) is 15.1. The Morgan fingerprint density at radius 2 is 1.21 bits per heavy atom. The van der Waals surface area contributed by atoms with Gasteiger partial charge in [-0.25, -0.2) is 15.0 Å². The standard InChI is InChI=1S/C70H84N8O11/c1-29-43(15-19-59(81)82)52-27-53-44(16-20-60(83)84)30(2)48(72-53)24-56-64(40(12)80)36(8)69(78-56)38(10)70-66(34(6)51(75-70)23-47(29)71-52)42(14)89-41(13)65-33(5)50-26-57-63(39(11)79)35(7)68(77-57)37(9)67-32(4)46(18-22-62(87)88)55(76-67)28-54-45(17-21-61(85)86)31(3)49(73-54)25-58(65)74-50/h23-28,34,36,39-42,51,64,66,70-71,74-75,77,79-80H,15-22H2,1-14H3,(H,81,82)(H,83,84)(H,85,86)(H,87,88). The molecule has 6 aliphatic heterocycles. The molecule has 10 rings (SSSR count). The zero-order valence-electron chi connectivity index (χ0n) is 53.4. The molecule has 19 nitrogen and oxygen atoms in total. The van der Waals surface area contributed by atoms with Crippen LogP contribution >= 0.6 is 0 Å². The Morgan fingerprint density at radius 3 is 1.84 bits per heavy atom.